The summed E-state index contributed by atoms with van der Waals surface area (Å²) >= 11 is 0. The van der Waals surface area contributed by atoms with Crippen LogP contribution < -0.4 is 5.59 Å². The van der Waals surface area contributed by atoms with E-state index in [4.69, 9.17) is 14.6 Å². The number of pyridine rings is 1. The number of aliphatic hydroxyl groups is 1. The molecule has 0 radical (unpaired) electrons. The number of hydrogen-bond acceptors (Lipinski definition) is 5. The molecule has 1 aromatic rings. The van der Waals surface area contributed by atoms with Gasteiger partial charge in [-0.15, -0.1) is 0 Å². The van der Waals surface area contributed by atoms with Crippen molar-refractivity contribution in [1.29, 1.82) is 5.26 Å². The topological polar surface area (TPSA) is 75.4 Å². The van der Waals surface area contributed by atoms with E-state index in [0.29, 0.717) is 11.2 Å². The Labute approximate surface area is 113 Å². The Morgan fingerprint density at radius 2 is 1.84 bits per heavy atom. The zero-order chi connectivity index (χ0) is 14.3. The second-order valence-corrected chi connectivity index (χ2v) is 5.64. The van der Waals surface area contributed by atoms with Gasteiger partial charge in [0.05, 0.1) is 23.4 Å². The molecule has 1 aliphatic rings. The van der Waals surface area contributed by atoms with Crippen LogP contribution in [0.25, 0.3) is 0 Å². The summed E-state index contributed by atoms with van der Waals surface area (Å²) in [6.07, 6.45) is 0. The fourth-order valence-electron chi connectivity index (χ4n) is 1.84. The Balaban J connectivity index is 2.37. The minimum atomic E-state index is -0.622. The quantitative estimate of drug-likeness (QED) is 0.794. The Hall–Kier alpha value is -1.42. The number of rotatable bonds is 2. The van der Waals surface area contributed by atoms with Crippen LogP contribution in [0.3, 0.4) is 0 Å². The third kappa shape index (κ3) is 2.50. The lowest BCUT2D eigenvalue weighted by Crippen LogP contribution is -2.41. The van der Waals surface area contributed by atoms with Gasteiger partial charge in [-0.1, -0.05) is 0 Å². The van der Waals surface area contributed by atoms with Gasteiger partial charge in [0.1, 0.15) is 11.8 Å². The highest BCUT2D eigenvalue weighted by molar-refractivity contribution is 6.61. The summed E-state index contributed by atoms with van der Waals surface area (Å²) in [5, 5.41) is 18.2. The van der Waals surface area contributed by atoms with Crippen molar-refractivity contribution in [3.8, 4) is 6.07 Å². The van der Waals surface area contributed by atoms with Gasteiger partial charge in [-0.25, -0.2) is 4.98 Å². The Kier molecular flexibility index (Phi) is 3.39. The molecule has 0 saturated carbocycles. The maximum atomic E-state index is 9.21. The van der Waals surface area contributed by atoms with E-state index in [-0.39, 0.29) is 12.3 Å². The van der Waals surface area contributed by atoms with Gasteiger partial charge >= 0.3 is 7.12 Å². The lowest BCUT2D eigenvalue weighted by Gasteiger charge is -2.32. The van der Waals surface area contributed by atoms with Crippen molar-refractivity contribution >= 4 is 12.7 Å². The van der Waals surface area contributed by atoms with Gasteiger partial charge in [-0.05, 0) is 45.4 Å². The minimum Gasteiger partial charge on any atom is -0.398 e. The molecule has 1 fully saturated rings. The van der Waals surface area contributed by atoms with E-state index in [0.717, 1.165) is 0 Å². The van der Waals surface area contributed by atoms with Crippen LogP contribution in [0.2, 0.25) is 0 Å². The van der Waals surface area contributed by atoms with Crippen LogP contribution in [0.1, 0.15) is 39.0 Å². The van der Waals surface area contributed by atoms with E-state index < -0.39 is 18.3 Å². The second-order valence-electron chi connectivity index (χ2n) is 5.64. The first kappa shape index (κ1) is 14.0. The molecule has 0 bridgehead atoms. The summed E-state index contributed by atoms with van der Waals surface area (Å²) in [6, 6.07) is 5.22. The smallest absolute Gasteiger partial charge is 0.398 e. The molecule has 0 spiro atoms. The largest absolute Gasteiger partial charge is 0.514 e. The van der Waals surface area contributed by atoms with Crippen LogP contribution in [0.4, 0.5) is 0 Å². The summed E-state index contributed by atoms with van der Waals surface area (Å²) in [6.45, 7) is 7.66. The van der Waals surface area contributed by atoms with Gasteiger partial charge in [0.2, 0.25) is 0 Å². The molecule has 0 unspecified atom stereocenters. The normalized spacial score (nSPS) is 20.3. The first-order valence-electron chi connectivity index (χ1n) is 6.16. The van der Waals surface area contributed by atoms with Gasteiger partial charge in [0.25, 0.3) is 0 Å². The zero-order valence-electron chi connectivity index (χ0n) is 11.6. The lowest BCUT2D eigenvalue weighted by molar-refractivity contribution is 0.00578. The predicted octanol–water partition coefficient (Wildman–Crippen LogP) is 0.745. The molecule has 5 nitrogen and oxygen atoms in total. The second kappa shape index (κ2) is 4.60. The number of nitrogens with zero attached hydrogens (tertiary/aromatic N) is 2. The molecular formula is C13H17BN2O3. The summed E-state index contributed by atoms with van der Waals surface area (Å²) in [5.41, 5.74) is 0.470. The zero-order valence-corrected chi connectivity index (χ0v) is 11.6. The predicted molar refractivity (Wildman–Crippen MR) is 70.6 cm³/mol. The molecule has 0 amide bonds. The molecular weight excluding hydrogens is 243 g/mol. The van der Waals surface area contributed by atoms with E-state index in [1.54, 1.807) is 12.1 Å². The summed E-state index contributed by atoms with van der Waals surface area (Å²) in [4.78, 5) is 4.19. The van der Waals surface area contributed by atoms with Crippen LogP contribution in [0, 0.1) is 11.3 Å². The van der Waals surface area contributed by atoms with Crippen molar-refractivity contribution in [2.45, 2.75) is 45.5 Å². The summed E-state index contributed by atoms with van der Waals surface area (Å²) in [5.74, 6) is 0. The number of hydrogen-bond donors (Lipinski definition) is 1. The van der Waals surface area contributed by atoms with Crippen molar-refractivity contribution in [1.82, 2.24) is 4.98 Å². The van der Waals surface area contributed by atoms with Crippen LogP contribution >= 0.6 is 0 Å². The third-order valence-corrected chi connectivity index (χ3v) is 3.70. The molecule has 0 aromatic carbocycles. The van der Waals surface area contributed by atoms with Crippen LogP contribution in [0.15, 0.2) is 12.1 Å². The Morgan fingerprint density at radius 1 is 1.26 bits per heavy atom. The Bertz CT molecular complexity index is 521. The highest BCUT2D eigenvalue weighted by Crippen LogP contribution is 2.36. The van der Waals surface area contributed by atoms with Crippen LogP contribution in [-0.2, 0) is 15.9 Å². The molecule has 19 heavy (non-hydrogen) atoms. The van der Waals surface area contributed by atoms with Gasteiger partial charge in [0, 0.05) is 0 Å². The molecule has 0 atom stereocenters. The average Bonchev–Trinajstić information content (AvgIpc) is 2.58. The first-order valence-corrected chi connectivity index (χ1v) is 6.16. The summed E-state index contributed by atoms with van der Waals surface area (Å²) < 4.78 is 11.7. The van der Waals surface area contributed by atoms with E-state index in [9.17, 15) is 5.11 Å². The lowest BCUT2D eigenvalue weighted by atomic mass is 9.83. The summed E-state index contributed by atoms with van der Waals surface area (Å²) in [7, 11) is -0.622. The van der Waals surface area contributed by atoms with E-state index in [2.05, 4.69) is 4.98 Å². The fraction of sp³-hybridized carbons (Fsp3) is 0.538. The minimum absolute atomic E-state index is 0.149. The first-order chi connectivity index (χ1) is 8.79. The van der Waals surface area contributed by atoms with Gasteiger partial charge in [-0.2, -0.15) is 5.26 Å². The molecule has 2 rings (SSSR count). The van der Waals surface area contributed by atoms with E-state index >= 15 is 0 Å². The van der Waals surface area contributed by atoms with Gasteiger partial charge in [-0.3, -0.25) is 0 Å². The van der Waals surface area contributed by atoms with Crippen LogP contribution in [-0.4, -0.2) is 28.4 Å². The van der Waals surface area contributed by atoms with Crippen molar-refractivity contribution < 1.29 is 14.4 Å². The van der Waals surface area contributed by atoms with Crippen molar-refractivity contribution in [2.75, 3.05) is 0 Å². The highest BCUT2D eigenvalue weighted by atomic mass is 16.7. The molecule has 6 heteroatoms. The van der Waals surface area contributed by atoms with E-state index in [1.807, 2.05) is 33.8 Å². The molecule has 1 saturated heterocycles. The third-order valence-electron chi connectivity index (χ3n) is 3.70. The highest BCUT2D eigenvalue weighted by Gasteiger charge is 2.52. The van der Waals surface area contributed by atoms with Crippen molar-refractivity contribution in [3.05, 3.63) is 23.4 Å². The monoisotopic (exact) mass is 260 g/mol. The fourth-order valence-corrected chi connectivity index (χ4v) is 1.84. The average molecular weight is 260 g/mol. The molecule has 2 heterocycles. The van der Waals surface area contributed by atoms with Gasteiger partial charge in [0.15, 0.2) is 0 Å². The molecule has 1 aliphatic heterocycles. The SMILES string of the molecule is CC1(C)OB(c2cc(CO)cc(C#N)n2)OC1(C)C. The number of aliphatic hydroxyl groups excluding tert-OH is 1. The van der Waals surface area contributed by atoms with Crippen LogP contribution in [0.5, 0.6) is 0 Å². The van der Waals surface area contributed by atoms with Crippen molar-refractivity contribution in [2.24, 2.45) is 0 Å². The maximum Gasteiger partial charge on any atom is 0.514 e. The number of nitriles is 1. The molecule has 0 aliphatic carbocycles. The standard InChI is InChI=1S/C13H17BN2O3/c1-12(2)13(3,4)19-14(18-12)11-6-9(8-17)5-10(7-15)16-11/h5-6,17H,8H2,1-4H3. The van der Waals surface area contributed by atoms with E-state index in [1.165, 1.54) is 0 Å². The van der Waals surface area contributed by atoms with Gasteiger partial charge < -0.3 is 14.4 Å². The van der Waals surface area contributed by atoms with Crippen molar-refractivity contribution in [3.63, 3.8) is 0 Å². The molecule has 1 N–H and O–H groups in total. The molecule has 1 aromatic heterocycles. The number of aromatic nitrogens is 1. The maximum absolute atomic E-state index is 9.21. The Morgan fingerprint density at radius 3 is 2.32 bits per heavy atom. The molecule has 100 valence electrons.